The van der Waals surface area contributed by atoms with Crippen molar-refractivity contribution in [3.63, 3.8) is 0 Å². The molecule has 0 radical (unpaired) electrons. The number of fused-ring (bicyclic) bond motifs is 3. The minimum atomic E-state index is -0.455. The van der Waals surface area contributed by atoms with E-state index in [4.69, 9.17) is 9.26 Å². The SMILES string of the molecule is CNC(=O)c1nnc(Nc2ccc(F)cn2)cc1Nc1cccc2c1OCc1conc1-2. The molecule has 0 spiro atoms. The van der Waals surface area contributed by atoms with Crippen LogP contribution in [0.25, 0.3) is 11.3 Å². The average Bonchev–Trinajstić information content (AvgIpc) is 3.30. The zero-order valence-electron chi connectivity index (χ0n) is 16.7. The van der Waals surface area contributed by atoms with Gasteiger partial charge in [0, 0.05) is 18.7 Å². The fourth-order valence-corrected chi connectivity index (χ4v) is 3.27. The molecule has 11 heteroatoms. The van der Waals surface area contributed by atoms with Gasteiger partial charge in [-0.1, -0.05) is 11.2 Å². The lowest BCUT2D eigenvalue weighted by atomic mass is 10.0. The number of halogens is 1. The minimum Gasteiger partial charge on any atom is -0.486 e. The van der Waals surface area contributed by atoms with Gasteiger partial charge in [-0.05, 0) is 24.3 Å². The van der Waals surface area contributed by atoms with Gasteiger partial charge in [0.15, 0.2) is 17.3 Å². The standard InChI is InChI=1S/C21H16FN7O3/c1-23-21(30)19-15(7-17(27-28-19)26-16-6-5-12(22)8-24-16)25-14-4-2-3-13-18-11(10-32-29-18)9-31-20(13)14/h2-8,10H,9H2,1H3,(H,23,30)(H2,24,25,26,27). The topological polar surface area (TPSA) is 127 Å². The lowest BCUT2D eigenvalue weighted by Gasteiger charge is -2.20. The maximum absolute atomic E-state index is 13.1. The Hall–Kier alpha value is -4.54. The van der Waals surface area contributed by atoms with Gasteiger partial charge in [-0.25, -0.2) is 9.37 Å². The molecule has 1 aliphatic rings. The molecule has 3 aromatic heterocycles. The second-order valence-electron chi connectivity index (χ2n) is 6.84. The summed E-state index contributed by atoms with van der Waals surface area (Å²) in [5.74, 6) is 0.379. The van der Waals surface area contributed by atoms with Crippen molar-refractivity contribution in [3.05, 3.63) is 65.9 Å². The predicted molar refractivity (Wildman–Crippen MR) is 112 cm³/mol. The maximum Gasteiger partial charge on any atom is 0.273 e. The first-order valence-corrected chi connectivity index (χ1v) is 9.57. The van der Waals surface area contributed by atoms with Crippen molar-refractivity contribution < 1.29 is 18.4 Å². The Morgan fingerprint density at radius 1 is 1.09 bits per heavy atom. The Morgan fingerprint density at radius 3 is 2.81 bits per heavy atom. The van der Waals surface area contributed by atoms with Gasteiger partial charge in [-0.2, -0.15) is 0 Å². The van der Waals surface area contributed by atoms with E-state index < -0.39 is 11.7 Å². The number of benzene rings is 1. The number of nitrogens with one attached hydrogen (secondary N) is 3. The molecular weight excluding hydrogens is 417 g/mol. The smallest absolute Gasteiger partial charge is 0.273 e. The van der Waals surface area contributed by atoms with E-state index in [1.54, 1.807) is 12.3 Å². The number of nitrogens with zero attached hydrogens (tertiary/aromatic N) is 4. The molecule has 1 aromatic carbocycles. The molecule has 0 bridgehead atoms. The van der Waals surface area contributed by atoms with Crippen LogP contribution in [0.5, 0.6) is 5.75 Å². The molecule has 0 saturated heterocycles. The summed E-state index contributed by atoms with van der Waals surface area (Å²) < 4.78 is 24.1. The number of carbonyl (C=O) groups is 1. The normalized spacial score (nSPS) is 11.7. The van der Waals surface area contributed by atoms with Crippen LogP contribution in [-0.4, -0.2) is 33.3 Å². The summed E-state index contributed by atoms with van der Waals surface area (Å²) in [4.78, 5) is 16.3. The van der Waals surface area contributed by atoms with Gasteiger partial charge in [-0.15, -0.1) is 10.2 Å². The fourth-order valence-electron chi connectivity index (χ4n) is 3.27. The number of rotatable bonds is 5. The van der Waals surface area contributed by atoms with Crippen molar-refractivity contribution in [1.82, 2.24) is 25.7 Å². The zero-order chi connectivity index (χ0) is 22.1. The quantitative estimate of drug-likeness (QED) is 0.434. The van der Waals surface area contributed by atoms with E-state index in [9.17, 15) is 9.18 Å². The van der Waals surface area contributed by atoms with Crippen molar-refractivity contribution in [1.29, 1.82) is 0 Å². The fraction of sp³-hybridized carbons (Fsp3) is 0.0952. The summed E-state index contributed by atoms with van der Waals surface area (Å²) in [5, 5.41) is 20.8. The Balaban J connectivity index is 1.52. The lowest BCUT2D eigenvalue weighted by molar-refractivity contribution is 0.0958. The molecule has 10 nitrogen and oxygen atoms in total. The van der Waals surface area contributed by atoms with E-state index in [1.165, 1.54) is 19.2 Å². The van der Waals surface area contributed by atoms with Crippen molar-refractivity contribution in [2.24, 2.45) is 0 Å². The second kappa shape index (κ2) is 7.95. The molecule has 3 N–H and O–H groups in total. The van der Waals surface area contributed by atoms with Gasteiger partial charge in [0.25, 0.3) is 5.91 Å². The molecule has 160 valence electrons. The summed E-state index contributed by atoms with van der Waals surface area (Å²) in [7, 11) is 1.50. The first-order valence-electron chi connectivity index (χ1n) is 9.57. The third-order valence-electron chi connectivity index (χ3n) is 4.77. The molecule has 32 heavy (non-hydrogen) atoms. The van der Waals surface area contributed by atoms with Crippen LogP contribution >= 0.6 is 0 Å². The third kappa shape index (κ3) is 3.55. The molecular formula is C21H16FN7O3. The monoisotopic (exact) mass is 433 g/mol. The Kier molecular flexibility index (Phi) is 4.82. The number of ether oxygens (including phenoxy) is 1. The molecule has 4 heterocycles. The van der Waals surface area contributed by atoms with Crippen molar-refractivity contribution in [2.45, 2.75) is 6.61 Å². The highest BCUT2D eigenvalue weighted by atomic mass is 19.1. The molecule has 0 aliphatic carbocycles. The maximum atomic E-state index is 13.1. The molecule has 0 unspecified atom stereocenters. The Labute approximate surface area is 180 Å². The van der Waals surface area contributed by atoms with Gasteiger partial charge in [0.1, 0.15) is 30.2 Å². The number of carbonyl (C=O) groups excluding carboxylic acids is 1. The first-order chi connectivity index (χ1) is 15.6. The van der Waals surface area contributed by atoms with Gasteiger partial charge in [0.2, 0.25) is 0 Å². The molecule has 0 saturated carbocycles. The van der Waals surface area contributed by atoms with Crippen molar-refractivity contribution >= 4 is 28.9 Å². The van der Waals surface area contributed by atoms with Gasteiger partial charge < -0.3 is 25.2 Å². The molecule has 5 rings (SSSR count). The number of anilines is 4. The number of hydrogen-bond acceptors (Lipinski definition) is 9. The summed E-state index contributed by atoms with van der Waals surface area (Å²) in [6.07, 6.45) is 2.63. The zero-order valence-corrected chi connectivity index (χ0v) is 16.7. The number of hydrogen-bond donors (Lipinski definition) is 3. The van der Waals surface area contributed by atoms with Crippen LogP contribution in [0.1, 0.15) is 16.1 Å². The second-order valence-corrected chi connectivity index (χ2v) is 6.84. The predicted octanol–water partition coefficient (Wildman–Crippen LogP) is 3.40. The highest BCUT2D eigenvalue weighted by molar-refractivity contribution is 5.99. The molecule has 0 fully saturated rings. The van der Waals surface area contributed by atoms with E-state index in [2.05, 4.69) is 36.3 Å². The minimum absolute atomic E-state index is 0.0839. The molecule has 1 amide bonds. The molecule has 1 aliphatic heterocycles. The Bertz CT molecular complexity index is 1310. The van der Waals surface area contributed by atoms with Crippen LogP contribution < -0.4 is 20.7 Å². The lowest BCUT2D eigenvalue weighted by Crippen LogP contribution is -2.21. The summed E-state index contributed by atoms with van der Waals surface area (Å²) in [6.45, 7) is 0.310. The summed E-state index contributed by atoms with van der Waals surface area (Å²) in [6, 6.07) is 9.86. The van der Waals surface area contributed by atoms with E-state index in [0.29, 0.717) is 41.1 Å². The number of pyridine rings is 1. The van der Waals surface area contributed by atoms with E-state index >= 15 is 0 Å². The summed E-state index contributed by atoms with van der Waals surface area (Å²) >= 11 is 0. The van der Waals surface area contributed by atoms with Crippen LogP contribution in [-0.2, 0) is 6.61 Å². The molecule has 0 atom stereocenters. The Morgan fingerprint density at radius 2 is 2.00 bits per heavy atom. The third-order valence-corrected chi connectivity index (χ3v) is 4.77. The average molecular weight is 433 g/mol. The largest absolute Gasteiger partial charge is 0.486 e. The summed E-state index contributed by atoms with van der Waals surface area (Å²) in [5.41, 5.74) is 3.40. The van der Waals surface area contributed by atoms with E-state index in [-0.39, 0.29) is 5.69 Å². The highest BCUT2D eigenvalue weighted by Gasteiger charge is 2.24. The van der Waals surface area contributed by atoms with Crippen molar-refractivity contribution in [3.8, 4) is 17.0 Å². The van der Waals surface area contributed by atoms with Gasteiger partial charge in [0.05, 0.1) is 23.1 Å². The van der Waals surface area contributed by atoms with Gasteiger partial charge in [-0.3, -0.25) is 4.79 Å². The van der Waals surface area contributed by atoms with Crippen LogP contribution in [0, 0.1) is 5.82 Å². The van der Waals surface area contributed by atoms with Crippen LogP contribution in [0.15, 0.2) is 53.4 Å². The van der Waals surface area contributed by atoms with E-state index in [1.807, 2.05) is 18.2 Å². The highest BCUT2D eigenvalue weighted by Crippen LogP contribution is 2.42. The number of aromatic nitrogens is 4. The van der Waals surface area contributed by atoms with Crippen molar-refractivity contribution in [2.75, 3.05) is 17.7 Å². The van der Waals surface area contributed by atoms with Crippen LogP contribution in [0.2, 0.25) is 0 Å². The first kappa shape index (κ1) is 19.4. The van der Waals surface area contributed by atoms with Crippen LogP contribution in [0.4, 0.5) is 27.4 Å². The van der Waals surface area contributed by atoms with Crippen LogP contribution in [0.3, 0.4) is 0 Å². The number of amides is 1. The van der Waals surface area contributed by atoms with E-state index in [0.717, 1.165) is 17.3 Å². The number of para-hydroxylation sites is 1. The molecule has 4 aromatic rings. The van der Waals surface area contributed by atoms with Gasteiger partial charge >= 0.3 is 0 Å².